The molecule has 0 spiro atoms. The van der Waals surface area contributed by atoms with Gasteiger partial charge in [0.05, 0.1) is 11.7 Å². The Balaban J connectivity index is 1.68. The van der Waals surface area contributed by atoms with Gasteiger partial charge in [-0.2, -0.15) is 0 Å². The first-order valence-corrected chi connectivity index (χ1v) is 8.02. The molecule has 0 radical (unpaired) electrons. The van der Waals surface area contributed by atoms with Crippen LogP contribution in [0.25, 0.3) is 0 Å². The molecule has 2 bridgehead atoms. The zero-order chi connectivity index (χ0) is 14.1. The van der Waals surface area contributed by atoms with Crippen molar-refractivity contribution in [1.29, 1.82) is 0 Å². The smallest absolute Gasteiger partial charge is 0.0668 e. The molecule has 0 aliphatic heterocycles. The van der Waals surface area contributed by atoms with Gasteiger partial charge in [-0.3, -0.25) is 9.88 Å². The summed E-state index contributed by atoms with van der Waals surface area (Å²) < 4.78 is 0. The minimum Gasteiger partial charge on any atom is -0.326 e. The van der Waals surface area contributed by atoms with E-state index in [0.29, 0.717) is 0 Å². The normalized spacial score (nSPS) is 31.7. The van der Waals surface area contributed by atoms with Crippen LogP contribution in [0.4, 0.5) is 0 Å². The molecule has 2 fully saturated rings. The van der Waals surface area contributed by atoms with Gasteiger partial charge in [-0.1, -0.05) is 12.5 Å². The van der Waals surface area contributed by atoms with Crippen LogP contribution in [0, 0.1) is 17.8 Å². The summed E-state index contributed by atoms with van der Waals surface area (Å²) in [5, 5.41) is 0. The molecular formula is C17H27N3. The molecule has 2 aliphatic carbocycles. The van der Waals surface area contributed by atoms with Crippen molar-refractivity contribution >= 4 is 0 Å². The van der Waals surface area contributed by atoms with Gasteiger partial charge in [0, 0.05) is 18.8 Å². The molecule has 20 heavy (non-hydrogen) atoms. The van der Waals surface area contributed by atoms with E-state index in [1.807, 2.05) is 12.3 Å². The largest absolute Gasteiger partial charge is 0.326 e. The lowest BCUT2D eigenvalue weighted by atomic mass is 9.88. The van der Waals surface area contributed by atoms with Gasteiger partial charge in [-0.15, -0.1) is 0 Å². The van der Waals surface area contributed by atoms with Crippen LogP contribution in [0.5, 0.6) is 0 Å². The molecule has 5 atom stereocenters. The quantitative estimate of drug-likeness (QED) is 0.897. The van der Waals surface area contributed by atoms with Gasteiger partial charge < -0.3 is 5.73 Å². The lowest BCUT2D eigenvalue weighted by Crippen LogP contribution is -2.40. The van der Waals surface area contributed by atoms with E-state index in [0.717, 1.165) is 23.4 Å². The van der Waals surface area contributed by atoms with Gasteiger partial charge in [0.2, 0.25) is 0 Å². The molecule has 3 nitrogen and oxygen atoms in total. The SMILES string of the molecule is CC(N)C(c1ccccn1)N(C)CC1CC2CCC1C2. The van der Waals surface area contributed by atoms with Crippen molar-refractivity contribution in [2.75, 3.05) is 13.6 Å². The van der Waals surface area contributed by atoms with Crippen LogP contribution in [-0.4, -0.2) is 29.5 Å². The number of hydrogen-bond acceptors (Lipinski definition) is 3. The van der Waals surface area contributed by atoms with Crippen LogP contribution in [0.2, 0.25) is 0 Å². The minimum absolute atomic E-state index is 0.105. The Hall–Kier alpha value is -0.930. The summed E-state index contributed by atoms with van der Waals surface area (Å²) in [4.78, 5) is 6.97. The molecule has 1 aromatic rings. The average molecular weight is 273 g/mol. The van der Waals surface area contributed by atoms with E-state index in [1.165, 1.54) is 32.2 Å². The van der Waals surface area contributed by atoms with Crippen LogP contribution >= 0.6 is 0 Å². The van der Waals surface area contributed by atoms with Crippen LogP contribution in [0.15, 0.2) is 24.4 Å². The summed E-state index contributed by atoms with van der Waals surface area (Å²) in [7, 11) is 2.22. The summed E-state index contributed by atoms with van der Waals surface area (Å²) in [6, 6.07) is 6.47. The third-order valence-electron chi connectivity index (χ3n) is 5.37. The zero-order valence-electron chi connectivity index (χ0n) is 12.7. The van der Waals surface area contributed by atoms with Crippen LogP contribution < -0.4 is 5.73 Å². The summed E-state index contributed by atoms with van der Waals surface area (Å²) >= 11 is 0. The summed E-state index contributed by atoms with van der Waals surface area (Å²) in [5.74, 6) is 2.87. The molecule has 110 valence electrons. The monoisotopic (exact) mass is 273 g/mol. The van der Waals surface area contributed by atoms with Gasteiger partial charge in [-0.25, -0.2) is 0 Å². The van der Waals surface area contributed by atoms with E-state index in [2.05, 4.69) is 36.0 Å². The van der Waals surface area contributed by atoms with E-state index in [9.17, 15) is 0 Å². The number of hydrogen-bond donors (Lipinski definition) is 1. The third-order valence-corrected chi connectivity index (χ3v) is 5.37. The minimum atomic E-state index is 0.105. The highest BCUT2D eigenvalue weighted by Crippen LogP contribution is 2.48. The lowest BCUT2D eigenvalue weighted by Gasteiger charge is -2.34. The molecule has 0 saturated heterocycles. The van der Waals surface area contributed by atoms with Crippen molar-refractivity contribution in [3.63, 3.8) is 0 Å². The maximum atomic E-state index is 6.24. The van der Waals surface area contributed by atoms with Gasteiger partial charge in [0.25, 0.3) is 0 Å². The molecule has 2 aliphatic rings. The van der Waals surface area contributed by atoms with Crippen molar-refractivity contribution in [1.82, 2.24) is 9.88 Å². The molecule has 0 aromatic carbocycles. The standard InChI is InChI=1S/C17H27N3/c1-12(18)17(16-5-3-4-8-19-16)20(2)11-15-10-13-6-7-14(15)9-13/h3-5,8,12-15,17H,6-7,9-11,18H2,1-2H3. The second kappa shape index (κ2) is 5.82. The van der Waals surface area contributed by atoms with Crippen molar-refractivity contribution in [3.05, 3.63) is 30.1 Å². The summed E-state index contributed by atoms with van der Waals surface area (Å²) in [5.41, 5.74) is 7.34. The predicted molar refractivity (Wildman–Crippen MR) is 82.2 cm³/mol. The first-order chi connectivity index (χ1) is 9.65. The Labute approximate surface area is 122 Å². The highest BCUT2D eigenvalue weighted by atomic mass is 15.2. The Kier molecular flexibility index (Phi) is 4.08. The number of aromatic nitrogens is 1. The number of rotatable bonds is 5. The lowest BCUT2D eigenvalue weighted by molar-refractivity contribution is 0.156. The predicted octanol–water partition coefficient (Wildman–Crippen LogP) is 2.84. The Bertz CT molecular complexity index is 431. The topological polar surface area (TPSA) is 42.1 Å². The number of pyridine rings is 1. The van der Waals surface area contributed by atoms with E-state index in [-0.39, 0.29) is 12.1 Å². The molecule has 1 heterocycles. The first kappa shape index (κ1) is 14.0. The fraction of sp³-hybridized carbons (Fsp3) is 0.706. The first-order valence-electron chi connectivity index (χ1n) is 8.02. The van der Waals surface area contributed by atoms with Crippen molar-refractivity contribution in [3.8, 4) is 0 Å². The van der Waals surface area contributed by atoms with E-state index < -0.39 is 0 Å². The van der Waals surface area contributed by atoms with E-state index >= 15 is 0 Å². The van der Waals surface area contributed by atoms with Crippen molar-refractivity contribution in [2.24, 2.45) is 23.5 Å². The van der Waals surface area contributed by atoms with Gasteiger partial charge in [0.1, 0.15) is 0 Å². The van der Waals surface area contributed by atoms with Crippen LogP contribution in [0.3, 0.4) is 0 Å². The average Bonchev–Trinajstić information content (AvgIpc) is 3.02. The Morgan fingerprint density at radius 1 is 1.35 bits per heavy atom. The van der Waals surface area contributed by atoms with Crippen LogP contribution in [0.1, 0.15) is 44.3 Å². The molecule has 0 amide bonds. The molecule has 3 heteroatoms. The molecular weight excluding hydrogens is 246 g/mol. The van der Waals surface area contributed by atoms with E-state index in [1.54, 1.807) is 0 Å². The van der Waals surface area contributed by atoms with Gasteiger partial charge in [-0.05, 0) is 63.1 Å². The molecule has 3 rings (SSSR count). The van der Waals surface area contributed by atoms with Crippen LogP contribution in [-0.2, 0) is 0 Å². The zero-order valence-corrected chi connectivity index (χ0v) is 12.7. The second-order valence-electron chi connectivity index (χ2n) is 6.93. The second-order valence-corrected chi connectivity index (χ2v) is 6.93. The molecule has 1 aromatic heterocycles. The van der Waals surface area contributed by atoms with Gasteiger partial charge in [0.15, 0.2) is 0 Å². The molecule has 5 unspecified atom stereocenters. The number of likely N-dealkylation sites (N-methyl/N-ethyl adjacent to an activating group) is 1. The maximum Gasteiger partial charge on any atom is 0.0668 e. The maximum absolute atomic E-state index is 6.24. The number of fused-ring (bicyclic) bond motifs is 2. The molecule has 2 saturated carbocycles. The van der Waals surface area contributed by atoms with Crippen molar-refractivity contribution < 1.29 is 0 Å². The Morgan fingerprint density at radius 3 is 2.75 bits per heavy atom. The molecule has 2 N–H and O–H groups in total. The number of nitrogens with zero attached hydrogens (tertiary/aromatic N) is 2. The number of nitrogens with two attached hydrogens (primary N) is 1. The van der Waals surface area contributed by atoms with Crippen molar-refractivity contribution in [2.45, 2.75) is 44.7 Å². The Morgan fingerprint density at radius 2 is 2.20 bits per heavy atom. The fourth-order valence-electron chi connectivity index (χ4n) is 4.53. The highest BCUT2D eigenvalue weighted by Gasteiger charge is 2.40. The van der Waals surface area contributed by atoms with E-state index in [4.69, 9.17) is 5.73 Å². The third kappa shape index (κ3) is 2.75. The van der Waals surface area contributed by atoms with Gasteiger partial charge >= 0.3 is 0 Å². The summed E-state index contributed by atoms with van der Waals surface area (Å²) in [6.45, 7) is 3.26. The fourth-order valence-corrected chi connectivity index (χ4v) is 4.53. The highest BCUT2D eigenvalue weighted by molar-refractivity contribution is 5.11. The summed E-state index contributed by atoms with van der Waals surface area (Å²) in [6.07, 6.45) is 7.71.